The molecular weight excluding hydrogens is 216 g/mol. The number of rotatable bonds is 3. The standard InChI is InChI=1S/C10H15ClN2S/c1-10(5-2-3-6-10)9-13-12-8(14-9)4-7-11/h2-7H2,1H3. The number of nitrogens with zero attached hydrogens (tertiary/aromatic N) is 2. The second kappa shape index (κ2) is 4.15. The fourth-order valence-electron chi connectivity index (χ4n) is 2.05. The molecule has 4 heteroatoms. The van der Waals surface area contributed by atoms with E-state index in [1.807, 2.05) is 0 Å². The van der Waals surface area contributed by atoms with E-state index in [9.17, 15) is 0 Å². The van der Waals surface area contributed by atoms with Gasteiger partial charge in [0.2, 0.25) is 0 Å². The minimum absolute atomic E-state index is 0.308. The van der Waals surface area contributed by atoms with Gasteiger partial charge in [-0.05, 0) is 12.8 Å². The van der Waals surface area contributed by atoms with Crippen molar-refractivity contribution >= 4 is 22.9 Å². The Hall–Kier alpha value is -0.150. The van der Waals surface area contributed by atoms with Gasteiger partial charge in [0, 0.05) is 17.7 Å². The highest BCUT2D eigenvalue weighted by Gasteiger charge is 2.33. The first kappa shape index (κ1) is 10.4. The zero-order chi connectivity index (χ0) is 10.0. The molecule has 0 aromatic carbocycles. The lowest BCUT2D eigenvalue weighted by molar-refractivity contribution is 0.484. The van der Waals surface area contributed by atoms with Crippen LogP contribution < -0.4 is 0 Å². The van der Waals surface area contributed by atoms with E-state index >= 15 is 0 Å². The summed E-state index contributed by atoms with van der Waals surface area (Å²) in [6, 6.07) is 0. The minimum atomic E-state index is 0.308. The molecule has 2 nitrogen and oxygen atoms in total. The second-order valence-corrected chi connectivity index (χ2v) is 5.65. The number of aromatic nitrogens is 2. The number of halogens is 1. The zero-order valence-corrected chi connectivity index (χ0v) is 10.00. The van der Waals surface area contributed by atoms with Crippen LogP contribution >= 0.6 is 22.9 Å². The molecule has 0 amide bonds. The Morgan fingerprint density at radius 1 is 1.36 bits per heavy atom. The predicted molar refractivity (Wildman–Crippen MR) is 60.2 cm³/mol. The van der Waals surface area contributed by atoms with Crippen molar-refractivity contribution in [2.75, 3.05) is 5.88 Å². The quantitative estimate of drug-likeness (QED) is 0.746. The average molecular weight is 231 g/mol. The fraction of sp³-hybridized carbons (Fsp3) is 0.800. The molecule has 0 unspecified atom stereocenters. The third-order valence-corrected chi connectivity index (χ3v) is 4.48. The van der Waals surface area contributed by atoms with Crippen LogP contribution in [0, 0.1) is 0 Å². The van der Waals surface area contributed by atoms with Crippen LogP contribution in [0.5, 0.6) is 0 Å². The summed E-state index contributed by atoms with van der Waals surface area (Å²) in [7, 11) is 0. The fourth-order valence-corrected chi connectivity index (χ4v) is 3.38. The molecule has 0 N–H and O–H groups in total. The van der Waals surface area contributed by atoms with Crippen molar-refractivity contribution in [1.29, 1.82) is 0 Å². The van der Waals surface area contributed by atoms with E-state index in [0.29, 0.717) is 11.3 Å². The van der Waals surface area contributed by atoms with E-state index in [-0.39, 0.29) is 0 Å². The summed E-state index contributed by atoms with van der Waals surface area (Å²) in [4.78, 5) is 0. The van der Waals surface area contributed by atoms with E-state index in [1.165, 1.54) is 30.7 Å². The maximum atomic E-state index is 5.68. The molecule has 0 atom stereocenters. The molecule has 0 aliphatic heterocycles. The van der Waals surface area contributed by atoms with Gasteiger partial charge in [0.05, 0.1) is 0 Å². The van der Waals surface area contributed by atoms with Crippen molar-refractivity contribution in [3.05, 3.63) is 10.0 Å². The molecule has 1 aliphatic rings. The van der Waals surface area contributed by atoms with Crippen LogP contribution in [0.2, 0.25) is 0 Å². The van der Waals surface area contributed by atoms with Crippen molar-refractivity contribution in [3.63, 3.8) is 0 Å². The summed E-state index contributed by atoms with van der Waals surface area (Å²) in [5.41, 5.74) is 0.308. The highest BCUT2D eigenvalue weighted by atomic mass is 35.5. The average Bonchev–Trinajstić information content (AvgIpc) is 2.75. The Morgan fingerprint density at radius 2 is 2.07 bits per heavy atom. The highest BCUT2D eigenvalue weighted by Crippen LogP contribution is 2.41. The molecular formula is C10H15ClN2S. The summed E-state index contributed by atoms with van der Waals surface area (Å²) >= 11 is 7.43. The lowest BCUT2D eigenvalue weighted by Gasteiger charge is -2.18. The first-order chi connectivity index (χ1) is 6.74. The Bertz CT molecular complexity index is 305. The van der Waals surface area contributed by atoms with Crippen molar-refractivity contribution in [2.24, 2.45) is 0 Å². The number of hydrogen-bond donors (Lipinski definition) is 0. The van der Waals surface area contributed by atoms with Crippen molar-refractivity contribution in [2.45, 2.75) is 44.4 Å². The largest absolute Gasteiger partial charge is 0.143 e. The molecule has 1 fully saturated rings. The van der Waals surface area contributed by atoms with Gasteiger partial charge in [0.1, 0.15) is 10.0 Å². The zero-order valence-electron chi connectivity index (χ0n) is 8.42. The molecule has 0 bridgehead atoms. The van der Waals surface area contributed by atoms with E-state index in [0.717, 1.165) is 11.4 Å². The number of aryl methyl sites for hydroxylation is 1. The topological polar surface area (TPSA) is 25.8 Å². The molecule has 1 aromatic heterocycles. The number of alkyl halides is 1. The summed E-state index contributed by atoms with van der Waals surface area (Å²) in [6.07, 6.45) is 6.06. The van der Waals surface area contributed by atoms with Gasteiger partial charge in [-0.25, -0.2) is 0 Å². The molecule has 14 heavy (non-hydrogen) atoms. The molecule has 78 valence electrons. The lowest BCUT2D eigenvalue weighted by atomic mass is 9.90. The van der Waals surface area contributed by atoms with Gasteiger partial charge < -0.3 is 0 Å². The molecule has 1 heterocycles. The first-order valence-corrected chi connectivity index (χ1v) is 6.48. The van der Waals surface area contributed by atoms with Crippen LogP contribution in [-0.2, 0) is 11.8 Å². The van der Waals surface area contributed by atoms with E-state index in [2.05, 4.69) is 17.1 Å². The SMILES string of the molecule is CC1(c2nnc(CCCl)s2)CCCC1. The van der Waals surface area contributed by atoms with E-state index in [1.54, 1.807) is 11.3 Å². The van der Waals surface area contributed by atoms with Crippen molar-refractivity contribution in [3.8, 4) is 0 Å². The Kier molecular flexibility index (Phi) is 3.07. The minimum Gasteiger partial charge on any atom is -0.143 e. The summed E-state index contributed by atoms with van der Waals surface area (Å²) < 4.78 is 0. The molecule has 1 aromatic rings. The molecule has 0 radical (unpaired) electrons. The van der Waals surface area contributed by atoms with Gasteiger partial charge >= 0.3 is 0 Å². The maximum Gasteiger partial charge on any atom is 0.123 e. The maximum absolute atomic E-state index is 5.68. The van der Waals surface area contributed by atoms with Crippen molar-refractivity contribution in [1.82, 2.24) is 10.2 Å². The molecule has 2 rings (SSSR count). The van der Waals surface area contributed by atoms with Gasteiger partial charge in [-0.15, -0.1) is 33.1 Å². The summed E-state index contributed by atoms with van der Waals surface area (Å²) in [5, 5.41) is 10.8. The lowest BCUT2D eigenvalue weighted by Crippen LogP contribution is -2.16. The Labute approximate surface area is 93.7 Å². The normalized spacial score (nSPS) is 20.1. The van der Waals surface area contributed by atoms with Gasteiger partial charge in [0.25, 0.3) is 0 Å². The summed E-state index contributed by atoms with van der Waals surface area (Å²) in [5.74, 6) is 0.644. The van der Waals surface area contributed by atoms with Gasteiger partial charge in [-0.3, -0.25) is 0 Å². The van der Waals surface area contributed by atoms with Crippen LogP contribution in [0.15, 0.2) is 0 Å². The first-order valence-electron chi connectivity index (χ1n) is 5.13. The van der Waals surface area contributed by atoms with Crippen LogP contribution in [0.3, 0.4) is 0 Å². The Morgan fingerprint density at radius 3 is 2.71 bits per heavy atom. The molecule has 0 spiro atoms. The summed E-state index contributed by atoms with van der Waals surface area (Å²) in [6.45, 7) is 2.31. The van der Waals surface area contributed by atoms with Gasteiger partial charge in [-0.1, -0.05) is 19.8 Å². The molecule has 1 saturated carbocycles. The monoisotopic (exact) mass is 230 g/mol. The third kappa shape index (κ3) is 1.94. The van der Waals surface area contributed by atoms with E-state index < -0.39 is 0 Å². The van der Waals surface area contributed by atoms with Gasteiger partial charge in [0.15, 0.2) is 0 Å². The molecule has 0 saturated heterocycles. The second-order valence-electron chi connectivity index (χ2n) is 4.21. The van der Waals surface area contributed by atoms with Crippen LogP contribution in [-0.4, -0.2) is 16.1 Å². The third-order valence-electron chi connectivity index (χ3n) is 3.00. The predicted octanol–water partition coefficient (Wildman–Crippen LogP) is 3.15. The smallest absolute Gasteiger partial charge is 0.123 e. The van der Waals surface area contributed by atoms with Crippen LogP contribution in [0.1, 0.15) is 42.6 Å². The highest BCUT2D eigenvalue weighted by molar-refractivity contribution is 7.11. The Balaban J connectivity index is 2.15. The van der Waals surface area contributed by atoms with Crippen LogP contribution in [0.4, 0.5) is 0 Å². The number of hydrogen-bond acceptors (Lipinski definition) is 3. The van der Waals surface area contributed by atoms with Crippen molar-refractivity contribution < 1.29 is 0 Å². The van der Waals surface area contributed by atoms with Crippen LogP contribution in [0.25, 0.3) is 0 Å². The molecule has 1 aliphatic carbocycles. The van der Waals surface area contributed by atoms with E-state index in [4.69, 9.17) is 11.6 Å². The van der Waals surface area contributed by atoms with Gasteiger partial charge in [-0.2, -0.15) is 0 Å².